The molecule has 0 N–H and O–H groups in total. The molecule has 0 saturated heterocycles. The number of para-hydroxylation sites is 1. The molecule has 0 saturated carbocycles. The van der Waals surface area contributed by atoms with Gasteiger partial charge in [0.1, 0.15) is 11.3 Å². The molecular weight excluding hydrogens is 316 g/mol. The van der Waals surface area contributed by atoms with Crippen LogP contribution in [0.25, 0.3) is 23.1 Å². The molecule has 132 valence electrons. The lowest BCUT2D eigenvalue weighted by atomic mass is 9.78. The van der Waals surface area contributed by atoms with Crippen molar-refractivity contribution < 1.29 is 4.42 Å². The van der Waals surface area contributed by atoms with Crippen LogP contribution in [0, 0.1) is 5.92 Å². The fourth-order valence-electron chi connectivity index (χ4n) is 4.26. The topological polar surface area (TPSA) is 13.1 Å². The van der Waals surface area contributed by atoms with Crippen LogP contribution in [0.3, 0.4) is 0 Å². The minimum absolute atomic E-state index is 0.300. The fourth-order valence-corrected chi connectivity index (χ4v) is 4.26. The number of benzene rings is 2. The van der Waals surface area contributed by atoms with Gasteiger partial charge in [0.15, 0.2) is 0 Å². The molecule has 0 bridgehead atoms. The van der Waals surface area contributed by atoms with E-state index in [-0.39, 0.29) is 0 Å². The Hall–Kier alpha value is -2.54. The Morgan fingerprint density at radius 3 is 2.73 bits per heavy atom. The molecule has 1 aliphatic rings. The summed E-state index contributed by atoms with van der Waals surface area (Å²) < 4.78 is 6.38. The number of furan rings is 1. The van der Waals surface area contributed by atoms with E-state index in [4.69, 9.17) is 4.42 Å². The number of hydrogen-bond donors (Lipinski definition) is 0. The van der Waals surface area contributed by atoms with E-state index in [9.17, 15) is 0 Å². The summed E-state index contributed by atoms with van der Waals surface area (Å²) in [6.45, 7) is 8.64. The van der Waals surface area contributed by atoms with Crippen molar-refractivity contribution in [2.24, 2.45) is 5.92 Å². The van der Waals surface area contributed by atoms with Crippen molar-refractivity contribution in [3.63, 3.8) is 0 Å². The van der Waals surface area contributed by atoms with E-state index in [1.165, 1.54) is 27.6 Å². The summed E-state index contributed by atoms with van der Waals surface area (Å²) in [5, 5.41) is 1.28. The van der Waals surface area contributed by atoms with Crippen molar-refractivity contribution in [2.45, 2.75) is 39.0 Å². The Morgan fingerprint density at radius 2 is 1.92 bits per heavy atom. The summed E-state index contributed by atoms with van der Waals surface area (Å²) >= 11 is 0. The number of aryl methyl sites for hydroxylation is 1. The van der Waals surface area contributed by atoms with Gasteiger partial charge in [-0.1, -0.05) is 81.5 Å². The molecule has 0 aliphatic heterocycles. The van der Waals surface area contributed by atoms with Crippen molar-refractivity contribution in [3.05, 3.63) is 83.1 Å². The van der Waals surface area contributed by atoms with E-state index in [0.29, 0.717) is 11.8 Å². The van der Waals surface area contributed by atoms with Gasteiger partial charge in [-0.3, -0.25) is 0 Å². The normalized spacial score (nSPS) is 15.6. The lowest BCUT2D eigenvalue weighted by Gasteiger charge is -2.26. The van der Waals surface area contributed by atoms with E-state index in [1.54, 1.807) is 0 Å². The summed E-state index contributed by atoms with van der Waals surface area (Å²) in [4.78, 5) is 0. The molecule has 3 aromatic rings. The van der Waals surface area contributed by atoms with Crippen LogP contribution in [0.15, 0.2) is 59.5 Å². The highest BCUT2D eigenvalue weighted by molar-refractivity contribution is 5.88. The quantitative estimate of drug-likeness (QED) is 0.477. The van der Waals surface area contributed by atoms with E-state index >= 15 is 0 Å². The van der Waals surface area contributed by atoms with Crippen molar-refractivity contribution in [3.8, 4) is 0 Å². The van der Waals surface area contributed by atoms with Gasteiger partial charge >= 0.3 is 0 Å². The molecule has 4 rings (SSSR count). The maximum absolute atomic E-state index is 6.38. The van der Waals surface area contributed by atoms with Gasteiger partial charge in [-0.05, 0) is 36.0 Å². The number of fused-ring (bicyclic) bond motifs is 3. The summed E-state index contributed by atoms with van der Waals surface area (Å²) in [7, 11) is 0. The minimum Gasteiger partial charge on any atom is -0.456 e. The molecule has 26 heavy (non-hydrogen) atoms. The predicted molar refractivity (Wildman–Crippen MR) is 111 cm³/mol. The lowest BCUT2D eigenvalue weighted by Crippen LogP contribution is -2.12. The molecule has 0 fully saturated rings. The number of rotatable bonds is 5. The summed E-state index contributed by atoms with van der Waals surface area (Å²) in [6, 6.07) is 15.3. The molecule has 1 nitrogen and oxygen atoms in total. The first-order chi connectivity index (χ1) is 12.7. The van der Waals surface area contributed by atoms with Crippen molar-refractivity contribution in [1.29, 1.82) is 0 Å². The van der Waals surface area contributed by atoms with Crippen LogP contribution in [0.5, 0.6) is 0 Å². The van der Waals surface area contributed by atoms with Gasteiger partial charge in [0.05, 0.1) is 0 Å². The standard InChI is InChI=1S/C25H26O/c1-4-17(3)24(19-12-7-6-11-18(19)5-2)22-15-10-14-21-20-13-8-9-16-23(20)26-25(21)22/h5-7,9-12,14-17,24H,2,4,8,13H2,1,3H3. The van der Waals surface area contributed by atoms with Gasteiger partial charge in [-0.2, -0.15) is 0 Å². The third-order valence-electron chi connectivity index (χ3n) is 5.81. The monoisotopic (exact) mass is 342 g/mol. The van der Waals surface area contributed by atoms with Gasteiger partial charge in [0.2, 0.25) is 0 Å². The Balaban J connectivity index is 1.96. The Labute approximate surface area is 156 Å². The maximum atomic E-state index is 6.38. The van der Waals surface area contributed by atoms with E-state index in [1.807, 2.05) is 6.08 Å². The molecule has 1 aliphatic carbocycles. The average molecular weight is 342 g/mol. The predicted octanol–water partition coefficient (Wildman–Crippen LogP) is 7.21. The zero-order valence-electron chi connectivity index (χ0n) is 15.7. The average Bonchev–Trinajstić information content (AvgIpc) is 3.08. The zero-order valence-corrected chi connectivity index (χ0v) is 15.7. The summed E-state index contributed by atoms with van der Waals surface area (Å²) in [5.41, 5.74) is 6.28. The van der Waals surface area contributed by atoms with Gasteiger partial charge in [-0.25, -0.2) is 0 Å². The SMILES string of the molecule is C=Cc1ccccc1C(c1cccc2c3c(oc12)C=CCC3)C(C)CC. The molecule has 2 atom stereocenters. The molecule has 0 radical (unpaired) electrons. The third-order valence-corrected chi connectivity index (χ3v) is 5.81. The molecule has 0 amide bonds. The first kappa shape index (κ1) is 16.9. The van der Waals surface area contributed by atoms with Crippen molar-refractivity contribution in [1.82, 2.24) is 0 Å². The second kappa shape index (κ2) is 6.99. The van der Waals surface area contributed by atoms with Crippen LogP contribution in [-0.4, -0.2) is 0 Å². The van der Waals surface area contributed by atoms with Gasteiger partial charge < -0.3 is 4.42 Å². The van der Waals surface area contributed by atoms with Crippen LogP contribution >= 0.6 is 0 Å². The highest BCUT2D eigenvalue weighted by Gasteiger charge is 2.26. The molecule has 2 aromatic carbocycles. The van der Waals surface area contributed by atoms with Crippen LogP contribution < -0.4 is 0 Å². The van der Waals surface area contributed by atoms with Crippen LogP contribution in [-0.2, 0) is 6.42 Å². The largest absolute Gasteiger partial charge is 0.456 e. The molecule has 1 aromatic heterocycles. The molecule has 0 spiro atoms. The molecule has 1 heterocycles. The maximum Gasteiger partial charge on any atom is 0.138 e. The van der Waals surface area contributed by atoms with Gasteiger partial charge in [-0.15, -0.1) is 0 Å². The fraction of sp³-hybridized carbons (Fsp3) is 0.280. The van der Waals surface area contributed by atoms with Crippen molar-refractivity contribution in [2.75, 3.05) is 0 Å². The van der Waals surface area contributed by atoms with Gasteiger partial charge in [0.25, 0.3) is 0 Å². The Morgan fingerprint density at radius 1 is 1.12 bits per heavy atom. The number of hydrogen-bond acceptors (Lipinski definition) is 1. The van der Waals surface area contributed by atoms with E-state index in [2.05, 4.69) is 75.0 Å². The first-order valence-corrected chi connectivity index (χ1v) is 9.66. The summed E-state index contributed by atoms with van der Waals surface area (Å²) in [6.07, 6.45) is 9.61. The Kier molecular flexibility index (Phi) is 4.55. The van der Waals surface area contributed by atoms with Crippen LogP contribution in [0.2, 0.25) is 0 Å². The third kappa shape index (κ3) is 2.72. The smallest absolute Gasteiger partial charge is 0.138 e. The van der Waals surface area contributed by atoms with E-state index < -0.39 is 0 Å². The second-order valence-corrected chi connectivity index (χ2v) is 7.31. The minimum atomic E-state index is 0.300. The lowest BCUT2D eigenvalue weighted by molar-refractivity contribution is 0.490. The zero-order chi connectivity index (χ0) is 18.1. The van der Waals surface area contributed by atoms with E-state index in [0.717, 1.165) is 30.6 Å². The molecule has 2 unspecified atom stereocenters. The molecular formula is C25H26O. The van der Waals surface area contributed by atoms with Gasteiger partial charge in [0, 0.05) is 22.4 Å². The first-order valence-electron chi connectivity index (χ1n) is 9.66. The number of allylic oxidation sites excluding steroid dienone is 1. The second-order valence-electron chi connectivity index (χ2n) is 7.31. The highest BCUT2D eigenvalue weighted by Crippen LogP contribution is 2.42. The molecule has 1 heteroatoms. The highest BCUT2D eigenvalue weighted by atomic mass is 16.3. The van der Waals surface area contributed by atoms with Crippen LogP contribution in [0.1, 0.15) is 60.6 Å². The summed E-state index contributed by atoms with van der Waals surface area (Å²) in [5.74, 6) is 1.85. The Bertz CT molecular complexity index is 973. The van der Waals surface area contributed by atoms with Crippen molar-refractivity contribution >= 4 is 23.1 Å². The van der Waals surface area contributed by atoms with Crippen LogP contribution in [0.4, 0.5) is 0 Å².